The predicted octanol–water partition coefficient (Wildman–Crippen LogP) is 2.87. The van der Waals surface area contributed by atoms with Crippen molar-refractivity contribution >= 4 is 45.2 Å². The van der Waals surface area contributed by atoms with Gasteiger partial charge in [-0.3, -0.25) is 9.59 Å². The van der Waals surface area contributed by atoms with Crippen LogP contribution in [-0.4, -0.2) is 98.5 Å². The zero-order valence-corrected chi connectivity index (χ0v) is 23.7. The number of amides is 2. The molecule has 0 aromatic heterocycles. The number of carbonyl (C=O) groups is 2. The summed E-state index contributed by atoms with van der Waals surface area (Å²) in [4.78, 5) is 31.4. The fraction of sp³-hybridized carbons (Fsp3) is 0.654. The van der Waals surface area contributed by atoms with Crippen LogP contribution in [0.3, 0.4) is 0 Å². The smallest absolute Gasteiger partial charge is 0.369 e. The van der Waals surface area contributed by atoms with Gasteiger partial charge in [0.15, 0.2) is 9.84 Å². The average Bonchev–Trinajstić information content (AvgIpc) is 3.84. The zero-order chi connectivity index (χ0) is 29.1. The Bertz CT molecular complexity index is 1310. The van der Waals surface area contributed by atoms with Gasteiger partial charge in [0.2, 0.25) is 11.8 Å². The van der Waals surface area contributed by atoms with Crippen LogP contribution in [0.15, 0.2) is 23.1 Å². The first-order valence-electron chi connectivity index (χ1n) is 13.5. The Morgan fingerprint density at radius 2 is 1.80 bits per heavy atom. The van der Waals surface area contributed by atoms with E-state index in [1.807, 2.05) is 0 Å². The first kappa shape index (κ1) is 29.1. The van der Waals surface area contributed by atoms with Gasteiger partial charge in [-0.25, -0.2) is 8.42 Å². The number of rotatable bonds is 8. The van der Waals surface area contributed by atoms with Gasteiger partial charge in [-0.05, 0) is 56.8 Å². The van der Waals surface area contributed by atoms with Crippen LogP contribution < -0.4 is 10.2 Å². The fourth-order valence-electron chi connectivity index (χ4n) is 5.70. The van der Waals surface area contributed by atoms with Gasteiger partial charge in [0, 0.05) is 44.6 Å². The van der Waals surface area contributed by atoms with Crippen molar-refractivity contribution in [2.24, 2.45) is 5.41 Å². The number of nitrogens with one attached hydrogen (secondary N) is 2. The third kappa shape index (κ3) is 5.09. The Labute approximate surface area is 236 Å². The van der Waals surface area contributed by atoms with Crippen LogP contribution in [-0.2, 0) is 19.4 Å². The van der Waals surface area contributed by atoms with Crippen molar-refractivity contribution in [3.63, 3.8) is 0 Å². The molecule has 0 spiro atoms. The molecule has 14 heteroatoms. The molecule has 4 fully saturated rings. The normalized spacial score (nSPS) is 25.9. The second kappa shape index (κ2) is 10.2. The largest absolute Gasteiger partial charge is 0.403 e. The molecule has 40 heavy (non-hydrogen) atoms. The number of halogens is 4. The summed E-state index contributed by atoms with van der Waals surface area (Å²) in [6.07, 6.45) is -3.93. The summed E-state index contributed by atoms with van der Waals surface area (Å²) in [5.41, 5.74) is -2.72. The molecule has 4 aliphatic rings. The Morgan fingerprint density at radius 3 is 2.30 bits per heavy atom. The van der Waals surface area contributed by atoms with E-state index in [0.717, 1.165) is 49.5 Å². The molecule has 1 aromatic carbocycles. The number of carbonyl (C=O) groups excluding carboxylic acids is 2. The van der Waals surface area contributed by atoms with Gasteiger partial charge in [0.05, 0.1) is 20.7 Å². The molecule has 220 valence electrons. The van der Waals surface area contributed by atoms with Gasteiger partial charge in [-0.15, -0.1) is 0 Å². The lowest BCUT2D eigenvalue weighted by Crippen LogP contribution is -2.53. The van der Waals surface area contributed by atoms with Crippen molar-refractivity contribution in [2.45, 2.75) is 66.9 Å². The first-order valence-corrected chi connectivity index (χ1v) is 15.4. The number of piperazine rings is 1. The highest BCUT2D eigenvalue weighted by atomic mass is 35.5. The summed E-state index contributed by atoms with van der Waals surface area (Å²) in [7, 11) is -4.22. The minimum Gasteiger partial charge on any atom is -0.369 e. The number of benzene rings is 1. The number of sulfone groups is 1. The molecule has 2 heterocycles. The number of anilines is 1. The van der Waals surface area contributed by atoms with E-state index in [1.165, 1.54) is 6.07 Å². The van der Waals surface area contributed by atoms with Gasteiger partial charge in [0.1, 0.15) is 11.5 Å². The SMILES string of the molecule is CCN1CCN(c2ccc(S(=O)(=O)[C@@H]3C[C@@H](C(=O)NC4(C=N)CC4)N(C(=O)C4(C(F)(F)F)CC4)C3)c(Cl)c2)CC1. The lowest BCUT2D eigenvalue weighted by atomic mass is 10.0. The highest BCUT2D eigenvalue weighted by molar-refractivity contribution is 7.92. The molecule has 2 saturated heterocycles. The summed E-state index contributed by atoms with van der Waals surface area (Å²) < 4.78 is 69.0. The molecule has 0 unspecified atom stereocenters. The summed E-state index contributed by atoms with van der Waals surface area (Å²) in [5, 5.41) is 8.87. The molecule has 0 bridgehead atoms. The van der Waals surface area contributed by atoms with Gasteiger partial charge in [0.25, 0.3) is 0 Å². The van der Waals surface area contributed by atoms with E-state index in [0.29, 0.717) is 12.8 Å². The number of alkyl halides is 3. The Morgan fingerprint density at radius 1 is 1.15 bits per heavy atom. The van der Waals surface area contributed by atoms with Crippen molar-refractivity contribution in [3.05, 3.63) is 23.2 Å². The van der Waals surface area contributed by atoms with Crippen LogP contribution >= 0.6 is 11.6 Å². The van der Waals surface area contributed by atoms with Crippen LogP contribution in [0.5, 0.6) is 0 Å². The van der Waals surface area contributed by atoms with E-state index in [4.69, 9.17) is 17.0 Å². The Hall–Kier alpha value is -2.38. The van der Waals surface area contributed by atoms with Crippen molar-refractivity contribution in [3.8, 4) is 0 Å². The first-order chi connectivity index (χ1) is 18.8. The summed E-state index contributed by atoms with van der Waals surface area (Å²) >= 11 is 6.47. The van der Waals surface area contributed by atoms with Crippen LogP contribution in [0, 0.1) is 10.8 Å². The third-order valence-corrected chi connectivity index (χ3v) is 11.4. The van der Waals surface area contributed by atoms with Crippen molar-refractivity contribution in [2.75, 3.05) is 44.2 Å². The van der Waals surface area contributed by atoms with Gasteiger partial charge in [-0.1, -0.05) is 18.5 Å². The molecule has 0 radical (unpaired) electrons. The molecular weight excluding hydrogens is 571 g/mol. The topological polar surface area (TPSA) is 114 Å². The van der Waals surface area contributed by atoms with Crippen molar-refractivity contribution < 1.29 is 31.2 Å². The molecule has 2 aliphatic carbocycles. The molecule has 2 N–H and O–H groups in total. The molecule has 2 atom stereocenters. The molecule has 2 aliphatic heterocycles. The van der Waals surface area contributed by atoms with E-state index in [2.05, 4.69) is 22.0 Å². The molecule has 9 nitrogen and oxygen atoms in total. The van der Waals surface area contributed by atoms with E-state index in [9.17, 15) is 31.2 Å². The second-order valence-electron chi connectivity index (χ2n) is 11.3. The molecule has 5 rings (SSSR count). The molecule has 2 amide bonds. The van der Waals surface area contributed by atoms with Crippen LogP contribution in [0.4, 0.5) is 18.9 Å². The summed E-state index contributed by atoms with van der Waals surface area (Å²) in [6.45, 7) is 5.72. The summed E-state index contributed by atoms with van der Waals surface area (Å²) in [5.74, 6) is -2.03. The minimum atomic E-state index is -4.81. The maximum absolute atomic E-state index is 13.8. The molecule has 2 saturated carbocycles. The minimum absolute atomic E-state index is 0.0177. The summed E-state index contributed by atoms with van der Waals surface area (Å²) in [6, 6.07) is 3.22. The lowest BCUT2D eigenvalue weighted by molar-refractivity contribution is -0.199. The number of hydrogen-bond donors (Lipinski definition) is 2. The molecular formula is C26H33ClF3N5O4S. The standard InChI is InChI=1S/C26H33ClF3N5O4S/c1-2-33-9-11-34(12-10-33)17-3-4-21(19(27)13-17)40(38,39)18-14-20(22(36)32-24(16-31)5-6-24)35(15-18)23(37)25(7-8-25)26(28,29)30/h3-4,13,16,18,20,31H,2,5-12,14-15H2,1H3,(H,32,36)/t18-,20+/m1/s1. The quantitative estimate of drug-likeness (QED) is 0.442. The van der Waals surface area contributed by atoms with Crippen molar-refractivity contribution in [1.82, 2.24) is 15.1 Å². The maximum Gasteiger partial charge on any atom is 0.403 e. The lowest BCUT2D eigenvalue weighted by Gasteiger charge is -2.35. The van der Waals surface area contributed by atoms with E-state index < -0.39 is 69.5 Å². The number of likely N-dealkylation sites (tertiary alicyclic amines) is 1. The molecule has 1 aromatic rings. The monoisotopic (exact) mass is 603 g/mol. The fourth-order valence-corrected chi connectivity index (χ4v) is 7.94. The maximum atomic E-state index is 13.8. The average molecular weight is 604 g/mol. The number of nitrogens with zero attached hydrogens (tertiary/aromatic N) is 3. The Balaban J connectivity index is 1.40. The van der Waals surface area contributed by atoms with Gasteiger partial charge in [-0.2, -0.15) is 13.2 Å². The van der Waals surface area contributed by atoms with E-state index in [-0.39, 0.29) is 16.3 Å². The third-order valence-electron chi connectivity index (χ3n) is 8.81. The van der Waals surface area contributed by atoms with Gasteiger partial charge < -0.3 is 25.4 Å². The van der Waals surface area contributed by atoms with E-state index >= 15 is 0 Å². The highest BCUT2D eigenvalue weighted by Gasteiger charge is 2.70. The van der Waals surface area contributed by atoms with Crippen molar-refractivity contribution in [1.29, 1.82) is 5.41 Å². The number of hydrogen-bond acceptors (Lipinski definition) is 7. The van der Waals surface area contributed by atoms with E-state index in [1.54, 1.807) is 12.1 Å². The number of likely N-dealkylation sites (N-methyl/N-ethyl adjacent to an activating group) is 1. The van der Waals surface area contributed by atoms with Crippen LogP contribution in [0.25, 0.3) is 0 Å². The zero-order valence-electron chi connectivity index (χ0n) is 22.1. The predicted molar refractivity (Wildman–Crippen MR) is 143 cm³/mol. The highest BCUT2D eigenvalue weighted by Crippen LogP contribution is 2.59. The van der Waals surface area contributed by atoms with Gasteiger partial charge >= 0.3 is 6.18 Å². The second-order valence-corrected chi connectivity index (χ2v) is 13.9. The van der Waals surface area contributed by atoms with Crippen LogP contribution in [0.2, 0.25) is 5.02 Å². The van der Waals surface area contributed by atoms with Crippen LogP contribution in [0.1, 0.15) is 39.0 Å². The Kier molecular flexibility index (Phi) is 7.40.